The molecule has 0 aliphatic carbocycles. The van der Waals surface area contributed by atoms with Crippen LogP contribution in [0.15, 0.2) is 24.3 Å². The molecule has 2 fully saturated rings. The topological polar surface area (TPSA) is 66.9 Å². The zero-order valence-electron chi connectivity index (χ0n) is 15.3. The number of likely N-dealkylation sites (tertiary alicyclic amines) is 1. The standard InChI is InChI=1S/C18H23F3N2O4S/c19-18(20,21)13-22-8-5-14(6-9-22)12-27-17(24)15-3-1-4-16(11-15)23-7-2-10-28(23,25)26/h1,3-4,11,14H,2,5-10,12-13H2. The van der Waals surface area contributed by atoms with Crippen LogP contribution in [0.1, 0.15) is 29.6 Å². The highest BCUT2D eigenvalue weighted by Gasteiger charge is 2.33. The molecule has 1 aromatic carbocycles. The van der Waals surface area contributed by atoms with Gasteiger partial charge in [-0.2, -0.15) is 13.2 Å². The molecular weight excluding hydrogens is 397 g/mol. The number of anilines is 1. The molecule has 0 spiro atoms. The van der Waals surface area contributed by atoms with Gasteiger partial charge in [0.2, 0.25) is 10.0 Å². The first-order valence-electron chi connectivity index (χ1n) is 9.21. The van der Waals surface area contributed by atoms with E-state index in [1.54, 1.807) is 18.2 Å². The number of ether oxygens (including phenoxy) is 1. The van der Waals surface area contributed by atoms with Crippen molar-refractivity contribution in [3.63, 3.8) is 0 Å². The first kappa shape index (κ1) is 20.9. The van der Waals surface area contributed by atoms with Crippen molar-refractivity contribution < 1.29 is 31.1 Å². The van der Waals surface area contributed by atoms with Gasteiger partial charge in [0.15, 0.2) is 0 Å². The van der Waals surface area contributed by atoms with Gasteiger partial charge in [-0.25, -0.2) is 13.2 Å². The van der Waals surface area contributed by atoms with Crippen molar-refractivity contribution in [3.8, 4) is 0 Å². The molecule has 10 heteroatoms. The lowest BCUT2D eigenvalue weighted by Gasteiger charge is -2.32. The van der Waals surface area contributed by atoms with Crippen molar-refractivity contribution in [2.24, 2.45) is 5.92 Å². The van der Waals surface area contributed by atoms with Gasteiger partial charge in [-0.15, -0.1) is 0 Å². The van der Waals surface area contributed by atoms with Gasteiger partial charge in [-0.3, -0.25) is 9.21 Å². The Morgan fingerprint density at radius 1 is 1.18 bits per heavy atom. The predicted molar refractivity (Wildman–Crippen MR) is 97.7 cm³/mol. The maximum Gasteiger partial charge on any atom is 0.401 e. The molecule has 2 aliphatic rings. The van der Waals surface area contributed by atoms with Crippen LogP contribution in [0.25, 0.3) is 0 Å². The molecule has 156 valence electrons. The van der Waals surface area contributed by atoms with Crippen molar-refractivity contribution in [1.29, 1.82) is 0 Å². The van der Waals surface area contributed by atoms with Gasteiger partial charge < -0.3 is 4.74 Å². The van der Waals surface area contributed by atoms with Crippen LogP contribution in [0.5, 0.6) is 0 Å². The van der Waals surface area contributed by atoms with E-state index >= 15 is 0 Å². The Labute approximate surface area is 162 Å². The van der Waals surface area contributed by atoms with E-state index in [-0.39, 0.29) is 23.8 Å². The number of alkyl halides is 3. The summed E-state index contributed by atoms with van der Waals surface area (Å²) in [4.78, 5) is 13.7. The quantitative estimate of drug-likeness (QED) is 0.686. The summed E-state index contributed by atoms with van der Waals surface area (Å²) < 4.78 is 67.9. The maximum absolute atomic E-state index is 12.4. The summed E-state index contributed by atoms with van der Waals surface area (Å²) in [6.45, 7) is 0.266. The van der Waals surface area contributed by atoms with E-state index in [9.17, 15) is 26.4 Å². The van der Waals surface area contributed by atoms with E-state index in [1.807, 2.05) is 0 Å². The first-order chi connectivity index (χ1) is 13.1. The molecule has 0 unspecified atom stereocenters. The fraction of sp³-hybridized carbons (Fsp3) is 0.611. The number of hydrogen-bond acceptors (Lipinski definition) is 5. The van der Waals surface area contributed by atoms with E-state index < -0.39 is 28.7 Å². The SMILES string of the molecule is O=C(OCC1CCN(CC(F)(F)F)CC1)c1cccc(N2CCCS2(=O)=O)c1. The minimum Gasteiger partial charge on any atom is -0.462 e. The maximum atomic E-state index is 12.4. The van der Waals surface area contributed by atoms with Crippen LogP contribution in [0.3, 0.4) is 0 Å². The van der Waals surface area contributed by atoms with Gasteiger partial charge >= 0.3 is 12.1 Å². The van der Waals surface area contributed by atoms with Gasteiger partial charge in [0.05, 0.1) is 30.2 Å². The number of hydrogen-bond donors (Lipinski definition) is 0. The Balaban J connectivity index is 1.52. The Bertz CT molecular complexity index is 805. The average molecular weight is 420 g/mol. The molecule has 0 amide bonds. The number of carbonyl (C=O) groups is 1. The zero-order valence-corrected chi connectivity index (χ0v) is 16.1. The van der Waals surface area contributed by atoms with Crippen molar-refractivity contribution in [1.82, 2.24) is 4.90 Å². The van der Waals surface area contributed by atoms with Crippen molar-refractivity contribution >= 4 is 21.7 Å². The second-order valence-corrected chi connectivity index (χ2v) is 9.24. The van der Waals surface area contributed by atoms with Crippen molar-refractivity contribution in [2.45, 2.75) is 25.4 Å². The minimum absolute atomic E-state index is 0.0237. The Morgan fingerprint density at radius 3 is 2.50 bits per heavy atom. The van der Waals surface area contributed by atoms with E-state index in [2.05, 4.69) is 0 Å². The van der Waals surface area contributed by atoms with E-state index in [4.69, 9.17) is 4.74 Å². The molecule has 0 atom stereocenters. The largest absolute Gasteiger partial charge is 0.462 e. The van der Waals surface area contributed by atoms with Crippen molar-refractivity contribution in [2.75, 3.05) is 42.8 Å². The number of esters is 1. The van der Waals surface area contributed by atoms with Gasteiger partial charge in [-0.1, -0.05) is 6.07 Å². The number of nitrogens with zero attached hydrogens (tertiary/aromatic N) is 2. The van der Waals surface area contributed by atoms with Crippen LogP contribution in [0, 0.1) is 5.92 Å². The van der Waals surface area contributed by atoms with Crippen LogP contribution in [0.4, 0.5) is 18.9 Å². The van der Waals surface area contributed by atoms with Crippen LogP contribution < -0.4 is 4.31 Å². The highest BCUT2D eigenvalue weighted by molar-refractivity contribution is 7.93. The number of sulfonamides is 1. The zero-order chi connectivity index (χ0) is 20.4. The van der Waals surface area contributed by atoms with Crippen molar-refractivity contribution in [3.05, 3.63) is 29.8 Å². The number of carbonyl (C=O) groups excluding carboxylic acids is 1. The molecular formula is C18H23F3N2O4S. The summed E-state index contributed by atoms with van der Waals surface area (Å²) in [7, 11) is -3.33. The molecule has 0 saturated carbocycles. The highest BCUT2D eigenvalue weighted by Crippen LogP contribution is 2.26. The third-order valence-corrected chi connectivity index (χ3v) is 6.90. The van der Waals surface area contributed by atoms with E-state index in [0.717, 1.165) is 0 Å². The fourth-order valence-electron chi connectivity index (χ4n) is 3.56. The van der Waals surface area contributed by atoms with Crippen LogP contribution in [-0.2, 0) is 14.8 Å². The predicted octanol–water partition coefficient (Wildman–Crippen LogP) is 2.66. The number of rotatable bonds is 5. The van der Waals surface area contributed by atoms with Gasteiger partial charge in [0, 0.05) is 6.54 Å². The Morgan fingerprint density at radius 2 is 1.89 bits per heavy atom. The number of halogens is 3. The average Bonchev–Trinajstić information content (AvgIpc) is 2.99. The highest BCUT2D eigenvalue weighted by atomic mass is 32.2. The van der Waals surface area contributed by atoms with Gasteiger partial charge in [-0.05, 0) is 56.5 Å². The third kappa shape index (κ3) is 5.38. The summed E-state index contributed by atoms with van der Waals surface area (Å²) in [6.07, 6.45) is -2.58. The molecule has 6 nitrogen and oxygen atoms in total. The van der Waals surface area contributed by atoms with E-state index in [1.165, 1.54) is 15.3 Å². The minimum atomic E-state index is -4.20. The fourth-order valence-corrected chi connectivity index (χ4v) is 5.12. The Kier molecular flexibility index (Phi) is 6.18. The van der Waals surface area contributed by atoms with Gasteiger partial charge in [0.25, 0.3) is 0 Å². The lowest BCUT2D eigenvalue weighted by Crippen LogP contribution is -2.40. The lowest BCUT2D eigenvalue weighted by molar-refractivity contribution is -0.148. The molecule has 0 bridgehead atoms. The number of benzene rings is 1. The normalized spacial score (nSPS) is 21.0. The van der Waals surface area contributed by atoms with Crippen LogP contribution in [0.2, 0.25) is 0 Å². The molecule has 2 saturated heterocycles. The third-order valence-electron chi connectivity index (χ3n) is 5.03. The lowest BCUT2D eigenvalue weighted by atomic mass is 9.98. The molecule has 2 heterocycles. The van der Waals surface area contributed by atoms with E-state index in [0.29, 0.717) is 44.6 Å². The molecule has 28 heavy (non-hydrogen) atoms. The summed E-state index contributed by atoms with van der Waals surface area (Å²) in [5.41, 5.74) is 0.696. The molecule has 2 aliphatic heterocycles. The monoisotopic (exact) mass is 420 g/mol. The second kappa shape index (κ2) is 8.28. The van der Waals surface area contributed by atoms with Crippen LogP contribution >= 0.6 is 0 Å². The molecule has 0 aromatic heterocycles. The summed E-state index contributed by atoms with van der Waals surface area (Å²) >= 11 is 0. The molecule has 0 N–H and O–H groups in total. The summed E-state index contributed by atoms with van der Waals surface area (Å²) in [6, 6.07) is 6.29. The molecule has 3 rings (SSSR count). The first-order valence-corrected chi connectivity index (χ1v) is 10.8. The Hall–Kier alpha value is -1.81. The second-order valence-electron chi connectivity index (χ2n) is 7.23. The smallest absolute Gasteiger partial charge is 0.401 e. The van der Waals surface area contributed by atoms with Crippen LogP contribution in [-0.4, -0.2) is 64.0 Å². The molecule has 0 radical (unpaired) electrons. The summed E-state index contributed by atoms with van der Waals surface area (Å²) in [5, 5.41) is 0. The molecule has 1 aromatic rings. The summed E-state index contributed by atoms with van der Waals surface area (Å²) in [5.74, 6) is -0.443. The number of piperidine rings is 1. The van der Waals surface area contributed by atoms with Gasteiger partial charge in [0.1, 0.15) is 0 Å².